The summed E-state index contributed by atoms with van der Waals surface area (Å²) in [5, 5.41) is 14.2. The van der Waals surface area contributed by atoms with Gasteiger partial charge in [-0.15, -0.1) is 5.10 Å². The fraction of sp³-hybridized carbons (Fsp3) is 0.667. The van der Waals surface area contributed by atoms with Gasteiger partial charge in [0.1, 0.15) is 12.5 Å². The van der Waals surface area contributed by atoms with Crippen LogP contribution in [0.3, 0.4) is 0 Å². The molecule has 2 amide bonds. The maximum absolute atomic E-state index is 11.9. The molecule has 0 saturated carbocycles. The predicted molar refractivity (Wildman–Crippen MR) is 79.3 cm³/mol. The molecular formula is C9H11Cl3N6O3S. The van der Waals surface area contributed by atoms with E-state index in [0.717, 1.165) is 0 Å². The van der Waals surface area contributed by atoms with Crippen molar-refractivity contribution in [1.29, 1.82) is 0 Å². The third-order valence-corrected chi connectivity index (χ3v) is 4.13. The Bertz CT molecular complexity index is 565. The molecule has 2 N–H and O–H groups in total. The SMILES string of the molecule is Cn1nnnc1SCC1NC(=O)C1C(=O)NOCC(Cl)(Cl)Cl. The number of aryl methyl sites for hydroxylation is 1. The van der Waals surface area contributed by atoms with Gasteiger partial charge >= 0.3 is 0 Å². The summed E-state index contributed by atoms with van der Waals surface area (Å²) in [6.07, 6.45) is 0. The molecule has 2 atom stereocenters. The van der Waals surface area contributed by atoms with Gasteiger partial charge in [0.25, 0.3) is 5.91 Å². The molecule has 122 valence electrons. The van der Waals surface area contributed by atoms with Gasteiger partial charge in [-0.25, -0.2) is 10.2 Å². The highest BCUT2D eigenvalue weighted by Crippen LogP contribution is 2.26. The summed E-state index contributed by atoms with van der Waals surface area (Å²) in [5.74, 6) is -1.43. The minimum atomic E-state index is -1.65. The third kappa shape index (κ3) is 4.59. The predicted octanol–water partition coefficient (Wildman–Crippen LogP) is -0.165. The number of aromatic nitrogens is 4. The van der Waals surface area contributed by atoms with E-state index >= 15 is 0 Å². The average molecular weight is 390 g/mol. The van der Waals surface area contributed by atoms with Crippen LogP contribution in [-0.4, -0.2) is 54.2 Å². The van der Waals surface area contributed by atoms with Gasteiger partial charge in [0.2, 0.25) is 14.9 Å². The van der Waals surface area contributed by atoms with Crippen LogP contribution in [-0.2, 0) is 21.5 Å². The lowest BCUT2D eigenvalue weighted by atomic mass is 9.91. The van der Waals surface area contributed by atoms with Gasteiger partial charge in [-0.1, -0.05) is 46.6 Å². The summed E-state index contributed by atoms with van der Waals surface area (Å²) < 4.78 is -0.160. The first-order chi connectivity index (χ1) is 10.3. The third-order valence-electron chi connectivity index (χ3n) is 2.68. The second-order valence-electron chi connectivity index (χ2n) is 4.36. The highest BCUT2D eigenvalue weighted by Gasteiger charge is 2.45. The number of carbonyl (C=O) groups excluding carboxylic acids is 2. The number of β-lactam (4-membered cyclic amide) rings is 1. The van der Waals surface area contributed by atoms with Crippen molar-refractivity contribution in [1.82, 2.24) is 31.0 Å². The molecule has 0 bridgehead atoms. The Labute approximate surface area is 144 Å². The summed E-state index contributed by atoms with van der Waals surface area (Å²) in [6.45, 7) is -0.332. The molecule has 9 nitrogen and oxygen atoms in total. The normalized spacial score (nSPS) is 21.2. The summed E-state index contributed by atoms with van der Waals surface area (Å²) in [7, 11) is 1.69. The number of hydrogen-bond donors (Lipinski definition) is 2. The first kappa shape index (κ1) is 17.5. The molecule has 0 aromatic carbocycles. The maximum Gasteiger partial charge on any atom is 0.258 e. The zero-order valence-corrected chi connectivity index (χ0v) is 14.2. The molecular weight excluding hydrogens is 379 g/mol. The Morgan fingerprint density at radius 3 is 2.82 bits per heavy atom. The number of alkyl halides is 3. The molecule has 22 heavy (non-hydrogen) atoms. The monoisotopic (exact) mass is 388 g/mol. The van der Waals surface area contributed by atoms with E-state index in [1.807, 2.05) is 0 Å². The molecule has 13 heteroatoms. The van der Waals surface area contributed by atoms with Gasteiger partial charge in [-0.2, -0.15) is 0 Å². The van der Waals surface area contributed by atoms with Crippen LogP contribution in [0.15, 0.2) is 5.16 Å². The summed E-state index contributed by atoms with van der Waals surface area (Å²) in [6, 6.07) is -0.356. The standard InChI is InChI=1S/C9H11Cl3N6O3S/c1-18-8(14-16-17-18)22-2-4-5(6(19)13-4)7(20)15-21-3-9(10,11)12/h4-5H,2-3H2,1H3,(H,13,19)(H,15,20). The van der Waals surface area contributed by atoms with E-state index in [1.165, 1.54) is 16.4 Å². The van der Waals surface area contributed by atoms with Crippen molar-refractivity contribution < 1.29 is 14.4 Å². The largest absolute Gasteiger partial charge is 0.350 e. The minimum absolute atomic E-state index is 0.332. The van der Waals surface area contributed by atoms with Crippen LogP contribution in [0.1, 0.15) is 0 Å². The smallest absolute Gasteiger partial charge is 0.258 e. The zero-order chi connectivity index (χ0) is 16.3. The molecule has 2 rings (SSSR count). The van der Waals surface area contributed by atoms with Crippen LogP contribution in [0.5, 0.6) is 0 Å². The number of amides is 2. The van der Waals surface area contributed by atoms with Crippen molar-refractivity contribution in [3.05, 3.63) is 0 Å². The van der Waals surface area contributed by atoms with E-state index in [9.17, 15) is 9.59 Å². The van der Waals surface area contributed by atoms with Crippen LogP contribution in [0, 0.1) is 5.92 Å². The van der Waals surface area contributed by atoms with Crippen molar-refractivity contribution in [2.24, 2.45) is 13.0 Å². The molecule has 2 unspecified atom stereocenters. The molecule has 1 aliphatic rings. The van der Waals surface area contributed by atoms with E-state index in [2.05, 4.69) is 26.3 Å². The van der Waals surface area contributed by atoms with E-state index < -0.39 is 21.5 Å². The lowest BCUT2D eigenvalue weighted by Gasteiger charge is -2.34. The quantitative estimate of drug-likeness (QED) is 0.228. The molecule has 0 aliphatic carbocycles. The molecule has 1 aromatic heterocycles. The summed E-state index contributed by atoms with van der Waals surface area (Å²) in [4.78, 5) is 28.2. The average Bonchev–Trinajstić information content (AvgIpc) is 2.78. The molecule has 0 spiro atoms. The van der Waals surface area contributed by atoms with E-state index in [-0.39, 0.29) is 12.6 Å². The Morgan fingerprint density at radius 2 is 2.27 bits per heavy atom. The van der Waals surface area contributed by atoms with Gasteiger partial charge < -0.3 is 5.32 Å². The number of nitrogens with zero attached hydrogens (tertiary/aromatic N) is 4. The van der Waals surface area contributed by atoms with Crippen molar-refractivity contribution in [2.75, 3.05) is 12.4 Å². The number of hydrogen-bond acceptors (Lipinski definition) is 7. The zero-order valence-electron chi connectivity index (χ0n) is 11.1. The molecule has 2 heterocycles. The molecule has 0 radical (unpaired) electrons. The Morgan fingerprint density at radius 1 is 1.55 bits per heavy atom. The van der Waals surface area contributed by atoms with Crippen molar-refractivity contribution in [3.8, 4) is 0 Å². The second kappa shape index (κ2) is 7.18. The van der Waals surface area contributed by atoms with Gasteiger partial charge in [0.05, 0.1) is 6.04 Å². The number of tetrazole rings is 1. The summed E-state index contributed by atoms with van der Waals surface area (Å²) >= 11 is 17.7. The van der Waals surface area contributed by atoms with Crippen molar-refractivity contribution >= 4 is 58.4 Å². The number of hydroxylamine groups is 1. The van der Waals surface area contributed by atoms with Crippen LogP contribution in [0.2, 0.25) is 0 Å². The molecule has 1 fully saturated rings. The first-order valence-electron chi connectivity index (χ1n) is 5.92. The number of nitrogens with one attached hydrogen (secondary N) is 2. The van der Waals surface area contributed by atoms with Crippen LogP contribution < -0.4 is 10.8 Å². The minimum Gasteiger partial charge on any atom is -0.350 e. The van der Waals surface area contributed by atoms with Crippen LogP contribution in [0.4, 0.5) is 0 Å². The number of halogens is 3. The van der Waals surface area contributed by atoms with E-state index in [0.29, 0.717) is 10.9 Å². The molecule has 1 aromatic rings. The summed E-state index contributed by atoms with van der Waals surface area (Å²) in [5.41, 5.74) is 2.10. The van der Waals surface area contributed by atoms with Gasteiger partial charge in [-0.3, -0.25) is 14.4 Å². The van der Waals surface area contributed by atoms with Crippen LogP contribution in [0.25, 0.3) is 0 Å². The number of rotatable bonds is 6. The van der Waals surface area contributed by atoms with Crippen LogP contribution >= 0.6 is 46.6 Å². The highest BCUT2D eigenvalue weighted by molar-refractivity contribution is 7.99. The van der Waals surface area contributed by atoms with Crippen molar-refractivity contribution in [3.63, 3.8) is 0 Å². The van der Waals surface area contributed by atoms with Gasteiger partial charge in [0, 0.05) is 12.8 Å². The highest BCUT2D eigenvalue weighted by atomic mass is 35.6. The lowest BCUT2D eigenvalue weighted by molar-refractivity contribution is -0.151. The molecule has 1 aliphatic heterocycles. The number of carbonyl (C=O) groups is 2. The number of thioether (sulfide) groups is 1. The van der Waals surface area contributed by atoms with E-state index in [1.54, 1.807) is 7.05 Å². The fourth-order valence-electron chi connectivity index (χ4n) is 1.64. The Kier molecular flexibility index (Phi) is 5.72. The van der Waals surface area contributed by atoms with E-state index in [4.69, 9.17) is 39.6 Å². The maximum atomic E-state index is 11.9. The van der Waals surface area contributed by atoms with Crippen molar-refractivity contribution in [2.45, 2.75) is 15.0 Å². The Hall–Kier alpha value is -0.810. The van der Waals surface area contributed by atoms with Gasteiger partial charge in [-0.05, 0) is 10.4 Å². The fourth-order valence-corrected chi connectivity index (χ4v) is 2.73. The molecule has 1 saturated heterocycles. The van der Waals surface area contributed by atoms with Gasteiger partial charge in [0.15, 0.2) is 0 Å². The Balaban J connectivity index is 1.80. The topological polar surface area (TPSA) is 111 Å². The lowest BCUT2D eigenvalue weighted by Crippen LogP contribution is -2.64. The first-order valence-corrected chi connectivity index (χ1v) is 8.04. The second-order valence-corrected chi connectivity index (χ2v) is 7.86.